The van der Waals surface area contributed by atoms with Crippen molar-refractivity contribution >= 4 is 12.8 Å². The molecule has 0 unspecified atom stereocenters. The first-order valence-electron chi connectivity index (χ1n) is 4.96. The highest BCUT2D eigenvalue weighted by molar-refractivity contribution is 5.53. The zero-order chi connectivity index (χ0) is 10.7. The van der Waals surface area contributed by atoms with Gasteiger partial charge in [0.2, 0.25) is 12.8 Å². The zero-order valence-electron chi connectivity index (χ0n) is 8.80. The number of carbonyl (C=O) groups excluding carboxylic acids is 2. The fraction of sp³-hybridized carbons (Fsp3) is 0.800. The maximum atomic E-state index is 10.5. The minimum atomic E-state index is -0.523. The molecule has 0 aromatic carbocycles. The van der Waals surface area contributed by atoms with Gasteiger partial charge >= 0.3 is 0 Å². The molecule has 0 aliphatic heterocycles. The first-order chi connectivity index (χ1) is 6.54. The molecule has 2 N–H and O–H groups in total. The van der Waals surface area contributed by atoms with Crippen LogP contribution in [0.4, 0.5) is 0 Å². The van der Waals surface area contributed by atoms with Crippen LogP contribution >= 0.6 is 0 Å². The van der Waals surface area contributed by atoms with Gasteiger partial charge in [0.1, 0.15) is 5.66 Å². The van der Waals surface area contributed by atoms with Gasteiger partial charge in [-0.25, -0.2) is 0 Å². The number of hydrogen-bond donors (Lipinski definition) is 2. The largest absolute Gasteiger partial charge is 0.336 e. The minimum Gasteiger partial charge on any atom is -0.336 e. The fourth-order valence-electron chi connectivity index (χ4n) is 2.38. The molecular formula is C10H18N2O2. The van der Waals surface area contributed by atoms with Crippen molar-refractivity contribution in [2.24, 2.45) is 5.41 Å². The van der Waals surface area contributed by atoms with E-state index in [1.54, 1.807) is 0 Å². The molecule has 0 bridgehead atoms. The number of amides is 2. The van der Waals surface area contributed by atoms with Crippen LogP contribution in [0.2, 0.25) is 0 Å². The molecule has 1 aliphatic carbocycles. The SMILES string of the molecule is CC1(C)CCCC(NC=O)(NC=O)C1. The number of nitrogens with one attached hydrogen (secondary N) is 2. The van der Waals surface area contributed by atoms with E-state index in [-0.39, 0.29) is 5.41 Å². The number of hydrogen-bond acceptors (Lipinski definition) is 2. The molecule has 1 rings (SSSR count). The topological polar surface area (TPSA) is 58.2 Å². The molecule has 0 spiro atoms. The van der Waals surface area contributed by atoms with Gasteiger partial charge in [0.05, 0.1) is 0 Å². The third-order valence-corrected chi connectivity index (χ3v) is 2.91. The van der Waals surface area contributed by atoms with E-state index < -0.39 is 5.66 Å². The van der Waals surface area contributed by atoms with E-state index in [1.807, 2.05) is 0 Å². The smallest absolute Gasteiger partial charge is 0.208 e. The Morgan fingerprint density at radius 3 is 2.07 bits per heavy atom. The Bertz CT molecular complexity index is 216. The van der Waals surface area contributed by atoms with E-state index in [0.717, 1.165) is 25.7 Å². The maximum absolute atomic E-state index is 10.5. The molecule has 1 aliphatic rings. The fourth-order valence-corrected chi connectivity index (χ4v) is 2.38. The lowest BCUT2D eigenvalue weighted by molar-refractivity contribution is -0.116. The summed E-state index contributed by atoms with van der Waals surface area (Å²) in [7, 11) is 0. The lowest BCUT2D eigenvalue weighted by Gasteiger charge is -2.44. The van der Waals surface area contributed by atoms with E-state index in [9.17, 15) is 9.59 Å². The predicted octanol–water partition coefficient (Wildman–Crippen LogP) is 0.775. The average molecular weight is 198 g/mol. The molecule has 0 aromatic rings. The van der Waals surface area contributed by atoms with E-state index >= 15 is 0 Å². The van der Waals surface area contributed by atoms with Crippen molar-refractivity contribution in [2.45, 2.75) is 45.2 Å². The second kappa shape index (κ2) is 3.98. The minimum absolute atomic E-state index is 0.171. The summed E-state index contributed by atoms with van der Waals surface area (Å²) in [5.74, 6) is 0. The first kappa shape index (κ1) is 11.0. The molecule has 80 valence electrons. The van der Waals surface area contributed by atoms with Crippen LogP contribution in [0.3, 0.4) is 0 Å². The maximum Gasteiger partial charge on any atom is 0.208 e. The Morgan fingerprint density at radius 2 is 1.64 bits per heavy atom. The summed E-state index contributed by atoms with van der Waals surface area (Å²) in [5.41, 5.74) is -0.352. The second-order valence-corrected chi connectivity index (χ2v) is 4.80. The highest BCUT2D eigenvalue weighted by Gasteiger charge is 2.39. The standard InChI is InChI=1S/C10H18N2O2/c1-9(2)4-3-5-10(6-9,11-7-13)12-8-14/h7-8H,3-6H2,1-2H3,(H,11,13)(H,12,14). The number of carbonyl (C=O) groups is 2. The highest BCUT2D eigenvalue weighted by Crippen LogP contribution is 2.39. The first-order valence-corrected chi connectivity index (χ1v) is 4.96. The van der Waals surface area contributed by atoms with Crippen LogP contribution in [-0.2, 0) is 9.59 Å². The van der Waals surface area contributed by atoms with Gasteiger partial charge in [0, 0.05) is 0 Å². The van der Waals surface area contributed by atoms with Gasteiger partial charge in [-0.05, 0) is 31.1 Å². The van der Waals surface area contributed by atoms with Crippen molar-refractivity contribution < 1.29 is 9.59 Å². The van der Waals surface area contributed by atoms with Gasteiger partial charge in [-0.2, -0.15) is 0 Å². The van der Waals surface area contributed by atoms with Crippen LogP contribution in [0, 0.1) is 5.41 Å². The van der Waals surface area contributed by atoms with Crippen molar-refractivity contribution in [2.75, 3.05) is 0 Å². The van der Waals surface area contributed by atoms with Gasteiger partial charge in [-0.1, -0.05) is 13.8 Å². The Labute approximate surface area is 84.4 Å². The van der Waals surface area contributed by atoms with Crippen molar-refractivity contribution in [3.63, 3.8) is 0 Å². The van der Waals surface area contributed by atoms with Crippen molar-refractivity contribution in [1.29, 1.82) is 0 Å². The van der Waals surface area contributed by atoms with Crippen LogP contribution < -0.4 is 10.6 Å². The van der Waals surface area contributed by atoms with Crippen molar-refractivity contribution in [3.8, 4) is 0 Å². The molecule has 14 heavy (non-hydrogen) atoms. The Morgan fingerprint density at radius 1 is 1.07 bits per heavy atom. The monoisotopic (exact) mass is 198 g/mol. The van der Waals surface area contributed by atoms with E-state index in [4.69, 9.17) is 0 Å². The summed E-state index contributed by atoms with van der Waals surface area (Å²) >= 11 is 0. The number of rotatable bonds is 4. The van der Waals surface area contributed by atoms with E-state index in [1.165, 1.54) is 0 Å². The molecule has 0 radical (unpaired) electrons. The quantitative estimate of drug-likeness (QED) is 0.518. The van der Waals surface area contributed by atoms with Gasteiger partial charge in [-0.3, -0.25) is 9.59 Å². The highest BCUT2D eigenvalue weighted by atomic mass is 16.1. The van der Waals surface area contributed by atoms with Crippen LogP contribution in [0.15, 0.2) is 0 Å². The van der Waals surface area contributed by atoms with Gasteiger partial charge in [0.15, 0.2) is 0 Å². The predicted molar refractivity (Wildman–Crippen MR) is 53.4 cm³/mol. The molecule has 0 heterocycles. The Hall–Kier alpha value is -1.06. The van der Waals surface area contributed by atoms with Crippen LogP contribution in [0.1, 0.15) is 39.5 Å². The summed E-state index contributed by atoms with van der Waals surface area (Å²) in [4.78, 5) is 21.0. The Kier molecular flexibility index (Phi) is 3.13. The third-order valence-electron chi connectivity index (χ3n) is 2.91. The molecule has 2 amide bonds. The van der Waals surface area contributed by atoms with Gasteiger partial charge < -0.3 is 10.6 Å². The third kappa shape index (κ3) is 2.47. The van der Waals surface area contributed by atoms with E-state index in [0.29, 0.717) is 12.8 Å². The molecule has 0 saturated heterocycles. The summed E-state index contributed by atoms with van der Waals surface area (Å²) in [6, 6.07) is 0. The van der Waals surface area contributed by atoms with Crippen LogP contribution in [0.5, 0.6) is 0 Å². The molecule has 0 aromatic heterocycles. The molecule has 1 saturated carbocycles. The van der Waals surface area contributed by atoms with Crippen LogP contribution in [0.25, 0.3) is 0 Å². The van der Waals surface area contributed by atoms with Gasteiger partial charge in [0.25, 0.3) is 0 Å². The zero-order valence-corrected chi connectivity index (χ0v) is 8.80. The average Bonchev–Trinajstić information content (AvgIpc) is 2.02. The summed E-state index contributed by atoms with van der Waals surface area (Å²) < 4.78 is 0. The van der Waals surface area contributed by atoms with Crippen molar-refractivity contribution in [1.82, 2.24) is 10.6 Å². The molecule has 4 nitrogen and oxygen atoms in total. The second-order valence-electron chi connectivity index (χ2n) is 4.80. The molecular weight excluding hydrogens is 180 g/mol. The lowest BCUT2D eigenvalue weighted by atomic mass is 9.72. The summed E-state index contributed by atoms with van der Waals surface area (Å²) in [6.07, 6.45) is 5.09. The Balaban J connectivity index is 2.75. The normalized spacial score (nSPS) is 23.6. The van der Waals surface area contributed by atoms with Gasteiger partial charge in [-0.15, -0.1) is 0 Å². The van der Waals surface area contributed by atoms with Crippen molar-refractivity contribution in [3.05, 3.63) is 0 Å². The molecule has 1 fully saturated rings. The molecule has 0 atom stereocenters. The summed E-state index contributed by atoms with van der Waals surface area (Å²) in [5, 5.41) is 5.46. The lowest BCUT2D eigenvalue weighted by Crippen LogP contribution is -2.59. The van der Waals surface area contributed by atoms with E-state index in [2.05, 4.69) is 24.5 Å². The summed E-state index contributed by atoms with van der Waals surface area (Å²) in [6.45, 7) is 4.31. The molecule has 4 heteroatoms. The van der Waals surface area contributed by atoms with Crippen LogP contribution in [-0.4, -0.2) is 18.5 Å².